The molecular weight excluding hydrogens is 919 g/mol. The standard InChI is InChI=1S/C45H69N11O14/c1-25(58)37(43(67)53-31(12-6-8-18-46)40(64)54-34(24-57)45(69)70)56-44(68)38(26(2)59)55-41(65)32(13-7-9-19-47)52-42(66)33(21-27-10-4-3-5-11-27)51-36(62)23-49-35(61)22-50-39(63)30(48)20-28-14-16-29(60)17-15-28/h3-5,10-11,14-17,25-26,30-34,37-38,57-60H,6-9,12-13,18-24,46-48H2,1-2H3,(H,49,61)(H,50,63)(H,51,62)(H,52,66)(H,53,67)(H,54,64)(H,55,65)(H,56,68)(H,69,70)/t25-,26-,30+,31+,32+,33+,34+,37+,38+/m1/s1. The van der Waals surface area contributed by atoms with Crippen molar-refractivity contribution < 1.29 is 68.7 Å². The fraction of sp³-hybridized carbons (Fsp3) is 0.533. The number of aromatic hydroxyl groups is 1. The van der Waals surface area contributed by atoms with Gasteiger partial charge in [0.2, 0.25) is 47.3 Å². The van der Waals surface area contributed by atoms with Crippen LogP contribution in [0.5, 0.6) is 5.75 Å². The normalized spacial score (nSPS) is 14.9. The predicted molar refractivity (Wildman–Crippen MR) is 251 cm³/mol. The zero-order valence-corrected chi connectivity index (χ0v) is 39.2. The van der Waals surface area contributed by atoms with Gasteiger partial charge in [-0.2, -0.15) is 0 Å². The van der Waals surface area contributed by atoms with Crippen LogP contribution in [0.4, 0.5) is 0 Å². The van der Waals surface area contributed by atoms with Gasteiger partial charge in [-0.1, -0.05) is 42.5 Å². The second-order valence-corrected chi connectivity index (χ2v) is 16.5. The number of nitrogens with one attached hydrogen (secondary N) is 8. The van der Waals surface area contributed by atoms with Gasteiger partial charge in [-0.05, 0) is 95.1 Å². The summed E-state index contributed by atoms with van der Waals surface area (Å²) in [6.45, 7) is 0.619. The second-order valence-electron chi connectivity index (χ2n) is 16.5. The second kappa shape index (κ2) is 31.4. The topological polar surface area (TPSA) is 429 Å². The van der Waals surface area contributed by atoms with Gasteiger partial charge in [0.05, 0.1) is 37.9 Å². The number of phenols is 1. The van der Waals surface area contributed by atoms with E-state index in [1.165, 1.54) is 12.1 Å². The molecule has 2 rings (SSSR count). The predicted octanol–water partition coefficient (Wildman–Crippen LogP) is -5.26. The van der Waals surface area contributed by atoms with E-state index >= 15 is 0 Å². The molecule has 25 nitrogen and oxygen atoms in total. The number of carboxylic acid groups (broad SMARTS) is 1. The average molecular weight is 988 g/mol. The summed E-state index contributed by atoms with van der Waals surface area (Å²) in [5.41, 5.74) is 18.5. The molecule has 0 radical (unpaired) electrons. The summed E-state index contributed by atoms with van der Waals surface area (Å²) in [4.78, 5) is 118. The van der Waals surface area contributed by atoms with Crippen LogP contribution in [-0.2, 0) is 56.0 Å². The Morgan fingerprint density at radius 1 is 0.529 bits per heavy atom. The van der Waals surface area contributed by atoms with Crippen molar-refractivity contribution in [3.05, 3.63) is 65.7 Å². The Balaban J connectivity index is 2.21. The lowest BCUT2D eigenvalue weighted by Crippen LogP contribution is -2.63. The maximum absolute atomic E-state index is 14.0. The summed E-state index contributed by atoms with van der Waals surface area (Å²) in [5, 5.41) is 68.3. The number of benzene rings is 2. The number of nitrogens with two attached hydrogens (primary N) is 3. The lowest BCUT2D eigenvalue weighted by atomic mass is 10.0. The molecule has 8 amide bonds. The van der Waals surface area contributed by atoms with E-state index in [2.05, 4.69) is 42.5 Å². The van der Waals surface area contributed by atoms with Crippen molar-refractivity contribution in [1.29, 1.82) is 0 Å². The molecule has 0 bridgehead atoms. The number of unbranched alkanes of at least 4 members (excludes halogenated alkanes) is 2. The fourth-order valence-electron chi connectivity index (χ4n) is 6.65. The number of hydrogen-bond donors (Lipinski definition) is 16. The number of carbonyl (C=O) groups excluding carboxylic acids is 8. The van der Waals surface area contributed by atoms with Crippen LogP contribution in [0.3, 0.4) is 0 Å². The maximum atomic E-state index is 14.0. The first kappa shape index (κ1) is 59.4. The Bertz CT molecular complexity index is 2030. The number of rotatable bonds is 32. The zero-order valence-electron chi connectivity index (χ0n) is 39.2. The lowest BCUT2D eigenvalue weighted by molar-refractivity contribution is -0.143. The molecule has 0 heterocycles. The van der Waals surface area contributed by atoms with E-state index < -0.39 is 127 Å². The van der Waals surface area contributed by atoms with Gasteiger partial charge in [-0.15, -0.1) is 0 Å². The van der Waals surface area contributed by atoms with Crippen molar-refractivity contribution in [3.63, 3.8) is 0 Å². The summed E-state index contributed by atoms with van der Waals surface area (Å²) in [6, 6.07) is 4.08. The molecule has 0 spiro atoms. The molecular formula is C45H69N11O14. The van der Waals surface area contributed by atoms with Crippen molar-refractivity contribution in [2.75, 3.05) is 32.8 Å². The van der Waals surface area contributed by atoms with E-state index in [1.807, 2.05) is 0 Å². The molecule has 19 N–H and O–H groups in total. The molecule has 0 saturated heterocycles. The molecule has 9 atom stereocenters. The summed E-state index contributed by atoms with van der Waals surface area (Å²) < 4.78 is 0. The average Bonchev–Trinajstić information content (AvgIpc) is 3.32. The number of amides is 8. The van der Waals surface area contributed by atoms with Crippen LogP contribution in [0.15, 0.2) is 54.6 Å². The van der Waals surface area contributed by atoms with Gasteiger partial charge in [0.1, 0.15) is 42.0 Å². The molecule has 0 aromatic heterocycles. The molecule has 388 valence electrons. The summed E-state index contributed by atoms with van der Waals surface area (Å²) in [5.74, 6) is -8.80. The molecule has 70 heavy (non-hydrogen) atoms. The third-order valence-electron chi connectivity index (χ3n) is 10.6. The largest absolute Gasteiger partial charge is 0.508 e. The number of aliphatic carboxylic acids is 1. The highest BCUT2D eigenvalue weighted by Crippen LogP contribution is 2.12. The Hall–Kier alpha value is -6.77. The van der Waals surface area contributed by atoms with Crippen LogP contribution in [0.2, 0.25) is 0 Å². The Labute approximate surface area is 404 Å². The highest BCUT2D eigenvalue weighted by molar-refractivity contribution is 5.97. The molecule has 2 aromatic carbocycles. The monoisotopic (exact) mass is 988 g/mol. The Kier molecular flexibility index (Phi) is 26.6. The minimum atomic E-state index is -1.80. The number of aliphatic hydroxyl groups excluding tert-OH is 3. The summed E-state index contributed by atoms with van der Waals surface area (Å²) >= 11 is 0. The summed E-state index contributed by atoms with van der Waals surface area (Å²) in [7, 11) is 0. The van der Waals surface area contributed by atoms with Gasteiger partial charge >= 0.3 is 5.97 Å². The first-order chi connectivity index (χ1) is 33.2. The van der Waals surface area contributed by atoms with Crippen molar-refractivity contribution in [1.82, 2.24) is 42.5 Å². The van der Waals surface area contributed by atoms with Crippen LogP contribution >= 0.6 is 0 Å². The lowest BCUT2D eigenvalue weighted by Gasteiger charge is -2.29. The van der Waals surface area contributed by atoms with E-state index in [4.69, 9.17) is 17.2 Å². The SMILES string of the molecule is C[C@@H](O)[C@H](NC(=O)[C@H](CCCCN)NC(=O)[C@H](Cc1ccccc1)NC(=O)CNC(=O)CNC(=O)[C@@H](N)Cc1ccc(O)cc1)C(=O)N[C@H](C(=O)N[C@@H](CCCCN)C(=O)N[C@@H](CO)C(=O)O)[C@@H](C)O. The molecule has 0 unspecified atom stereocenters. The molecule has 0 aliphatic rings. The minimum absolute atomic E-state index is 0.0387. The van der Waals surface area contributed by atoms with Gasteiger partial charge < -0.3 is 85.3 Å². The van der Waals surface area contributed by atoms with Crippen LogP contribution in [-0.4, -0.2) is 166 Å². The van der Waals surface area contributed by atoms with Crippen molar-refractivity contribution in [2.45, 2.75) is 120 Å². The zero-order chi connectivity index (χ0) is 52.3. The van der Waals surface area contributed by atoms with Crippen LogP contribution in [0.1, 0.15) is 63.5 Å². The van der Waals surface area contributed by atoms with Gasteiger partial charge in [-0.25, -0.2) is 4.79 Å². The Morgan fingerprint density at radius 3 is 1.50 bits per heavy atom. The third-order valence-corrected chi connectivity index (χ3v) is 10.6. The van der Waals surface area contributed by atoms with Crippen molar-refractivity contribution in [2.24, 2.45) is 17.2 Å². The van der Waals surface area contributed by atoms with Crippen LogP contribution in [0.25, 0.3) is 0 Å². The number of hydrogen-bond acceptors (Lipinski definition) is 16. The first-order valence-electron chi connectivity index (χ1n) is 22.7. The van der Waals surface area contributed by atoms with E-state index in [1.54, 1.807) is 42.5 Å². The van der Waals surface area contributed by atoms with E-state index in [0.717, 1.165) is 13.8 Å². The first-order valence-corrected chi connectivity index (χ1v) is 22.7. The highest BCUT2D eigenvalue weighted by atomic mass is 16.4. The summed E-state index contributed by atoms with van der Waals surface area (Å²) in [6.07, 6.45) is -1.94. The van der Waals surface area contributed by atoms with Crippen LogP contribution in [0, 0.1) is 0 Å². The van der Waals surface area contributed by atoms with Gasteiger partial charge in [0.15, 0.2) is 0 Å². The number of carbonyl (C=O) groups is 9. The smallest absolute Gasteiger partial charge is 0.328 e. The molecule has 0 fully saturated rings. The number of phenolic OH excluding ortho intramolecular Hbond substituents is 1. The van der Waals surface area contributed by atoms with E-state index in [-0.39, 0.29) is 57.4 Å². The molecule has 0 saturated carbocycles. The molecule has 0 aliphatic carbocycles. The third kappa shape index (κ3) is 21.7. The molecule has 25 heteroatoms. The number of aliphatic hydroxyl groups is 3. The quantitative estimate of drug-likeness (QED) is 0.0305. The van der Waals surface area contributed by atoms with E-state index in [9.17, 15) is 68.7 Å². The maximum Gasteiger partial charge on any atom is 0.328 e. The van der Waals surface area contributed by atoms with Crippen molar-refractivity contribution >= 4 is 53.2 Å². The van der Waals surface area contributed by atoms with Gasteiger partial charge in [0.25, 0.3) is 0 Å². The van der Waals surface area contributed by atoms with E-state index in [0.29, 0.717) is 24.0 Å². The fourth-order valence-corrected chi connectivity index (χ4v) is 6.65. The minimum Gasteiger partial charge on any atom is -0.508 e. The number of carboxylic acids is 1. The van der Waals surface area contributed by atoms with Gasteiger partial charge in [-0.3, -0.25) is 38.4 Å². The molecule has 2 aromatic rings. The Morgan fingerprint density at radius 2 is 0.986 bits per heavy atom. The van der Waals surface area contributed by atoms with Crippen LogP contribution < -0.4 is 59.7 Å². The molecule has 0 aliphatic heterocycles. The van der Waals surface area contributed by atoms with Crippen molar-refractivity contribution in [3.8, 4) is 5.75 Å². The van der Waals surface area contributed by atoms with Gasteiger partial charge in [0, 0.05) is 6.42 Å². The highest BCUT2D eigenvalue weighted by Gasteiger charge is 2.36.